The second-order valence-corrected chi connectivity index (χ2v) is 4.54. The van der Waals surface area contributed by atoms with Crippen LogP contribution in [0.5, 0.6) is 0 Å². The summed E-state index contributed by atoms with van der Waals surface area (Å²) >= 11 is 5.83. The maximum atomic E-state index is 13.5. The van der Waals surface area contributed by atoms with Gasteiger partial charge in [-0.05, 0) is 18.9 Å². The van der Waals surface area contributed by atoms with Crippen LogP contribution in [0.25, 0.3) is 0 Å². The Morgan fingerprint density at radius 1 is 1.29 bits per heavy atom. The van der Waals surface area contributed by atoms with Crippen molar-refractivity contribution in [1.29, 1.82) is 0 Å². The van der Waals surface area contributed by atoms with Crippen molar-refractivity contribution in [3.8, 4) is 0 Å². The largest absolute Gasteiger partial charge is 0.379 e. The van der Waals surface area contributed by atoms with Gasteiger partial charge in [-0.15, -0.1) is 0 Å². The van der Waals surface area contributed by atoms with Crippen LogP contribution in [0.4, 0.5) is 14.5 Å². The van der Waals surface area contributed by atoms with Gasteiger partial charge in [-0.3, -0.25) is 0 Å². The Morgan fingerprint density at radius 2 is 2.00 bits per heavy atom. The molecule has 0 spiro atoms. The first-order valence-electron chi connectivity index (χ1n) is 5.99. The molecule has 0 saturated heterocycles. The number of hydrogen-bond acceptors (Lipinski definition) is 1. The Balaban J connectivity index is 2.78. The highest BCUT2D eigenvalue weighted by Gasteiger charge is 2.13. The fourth-order valence-corrected chi connectivity index (χ4v) is 1.96. The molecule has 1 atom stereocenters. The van der Waals surface area contributed by atoms with Crippen molar-refractivity contribution >= 4 is 17.3 Å². The summed E-state index contributed by atoms with van der Waals surface area (Å²) in [4.78, 5) is 0. The summed E-state index contributed by atoms with van der Waals surface area (Å²) in [5, 5.41) is 3.15. The molecule has 1 unspecified atom stereocenters. The molecular formula is C13H18ClF2N. The Hall–Kier alpha value is -0.830. The third-order valence-corrected chi connectivity index (χ3v) is 3.05. The van der Waals surface area contributed by atoms with Crippen LogP contribution < -0.4 is 5.32 Å². The van der Waals surface area contributed by atoms with Gasteiger partial charge in [-0.1, -0.05) is 38.3 Å². The van der Waals surface area contributed by atoms with Gasteiger partial charge in [0.05, 0.1) is 10.7 Å². The molecule has 0 heterocycles. The predicted molar refractivity (Wildman–Crippen MR) is 68.6 cm³/mol. The van der Waals surface area contributed by atoms with E-state index in [9.17, 15) is 8.78 Å². The van der Waals surface area contributed by atoms with Crippen molar-refractivity contribution in [2.75, 3.05) is 5.32 Å². The van der Waals surface area contributed by atoms with E-state index in [1.54, 1.807) is 0 Å². The lowest BCUT2D eigenvalue weighted by atomic mass is 10.1. The van der Waals surface area contributed by atoms with Crippen LogP contribution >= 0.6 is 11.6 Å². The molecule has 0 aliphatic carbocycles. The summed E-state index contributed by atoms with van der Waals surface area (Å²) in [6, 6.07) is 2.15. The fraction of sp³-hybridized carbons (Fsp3) is 0.538. The van der Waals surface area contributed by atoms with Gasteiger partial charge in [-0.25, -0.2) is 8.78 Å². The summed E-state index contributed by atoms with van der Waals surface area (Å²) in [5.41, 5.74) is 0.205. The van der Waals surface area contributed by atoms with Crippen molar-refractivity contribution < 1.29 is 8.78 Å². The van der Waals surface area contributed by atoms with Gasteiger partial charge in [0.15, 0.2) is 5.82 Å². The number of halogens is 3. The van der Waals surface area contributed by atoms with Gasteiger partial charge in [0.1, 0.15) is 5.82 Å². The van der Waals surface area contributed by atoms with Crippen molar-refractivity contribution in [2.45, 2.75) is 45.6 Å². The SMILES string of the molecule is CCCCC(CC)Nc1c(F)cc(F)cc1Cl. The van der Waals surface area contributed by atoms with Gasteiger partial charge >= 0.3 is 0 Å². The number of nitrogens with one attached hydrogen (secondary N) is 1. The number of rotatable bonds is 6. The van der Waals surface area contributed by atoms with E-state index < -0.39 is 11.6 Å². The number of benzene rings is 1. The zero-order valence-corrected chi connectivity index (χ0v) is 11.0. The topological polar surface area (TPSA) is 12.0 Å². The third-order valence-electron chi connectivity index (χ3n) is 2.75. The summed E-state index contributed by atoms with van der Waals surface area (Å²) in [6.45, 7) is 4.14. The van der Waals surface area contributed by atoms with E-state index in [0.29, 0.717) is 0 Å². The molecule has 1 N–H and O–H groups in total. The normalized spacial score (nSPS) is 12.5. The Kier molecular flexibility index (Phi) is 5.69. The monoisotopic (exact) mass is 261 g/mol. The molecule has 0 fully saturated rings. The van der Waals surface area contributed by atoms with Gasteiger partial charge in [0.25, 0.3) is 0 Å². The number of anilines is 1. The minimum Gasteiger partial charge on any atom is -0.379 e. The first-order chi connectivity index (χ1) is 8.08. The molecule has 0 aliphatic heterocycles. The summed E-state index contributed by atoms with van der Waals surface area (Å²) in [7, 11) is 0. The molecule has 0 saturated carbocycles. The molecule has 0 aliphatic rings. The summed E-state index contributed by atoms with van der Waals surface area (Å²) in [6.07, 6.45) is 4.01. The molecule has 1 nitrogen and oxygen atoms in total. The molecule has 96 valence electrons. The van der Waals surface area contributed by atoms with E-state index in [1.165, 1.54) is 0 Å². The van der Waals surface area contributed by atoms with E-state index in [-0.39, 0.29) is 16.8 Å². The van der Waals surface area contributed by atoms with E-state index >= 15 is 0 Å². The van der Waals surface area contributed by atoms with Crippen LogP contribution in [-0.2, 0) is 0 Å². The van der Waals surface area contributed by atoms with Crippen LogP contribution in [0.3, 0.4) is 0 Å². The van der Waals surface area contributed by atoms with E-state index in [1.807, 2.05) is 6.92 Å². The van der Waals surface area contributed by atoms with Crippen molar-refractivity contribution in [3.05, 3.63) is 28.8 Å². The lowest BCUT2D eigenvalue weighted by Crippen LogP contribution is -2.19. The van der Waals surface area contributed by atoms with Crippen LogP contribution in [0.15, 0.2) is 12.1 Å². The highest BCUT2D eigenvalue weighted by Crippen LogP contribution is 2.28. The molecule has 0 bridgehead atoms. The van der Waals surface area contributed by atoms with Crippen LogP contribution in [-0.4, -0.2) is 6.04 Å². The van der Waals surface area contributed by atoms with E-state index in [0.717, 1.165) is 37.8 Å². The van der Waals surface area contributed by atoms with Crippen molar-refractivity contribution in [3.63, 3.8) is 0 Å². The highest BCUT2D eigenvalue weighted by molar-refractivity contribution is 6.33. The second kappa shape index (κ2) is 6.80. The Morgan fingerprint density at radius 3 is 2.53 bits per heavy atom. The van der Waals surface area contributed by atoms with Crippen molar-refractivity contribution in [1.82, 2.24) is 0 Å². The minimum absolute atomic E-state index is 0.0949. The molecule has 1 rings (SSSR count). The van der Waals surface area contributed by atoms with Gasteiger partial charge in [0, 0.05) is 12.1 Å². The maximum absolute atomic E-state index is 13.5. The zero-order valence-electron chi connectivity index (χ0n) is 10.2. The highest BCUT2D eigenvalue weighted by atomic mass is 35.5. The van der Waals surface area contributed by atoms with Crippen LogP contribution in [0.2, 0.25) is 5.02 Å². The van der Waals surface area contributed by atoms with Gasteiger partial charge < -0.3 is 5.32 Å². The Bertz CT molecular complexity index is 345. The first kappa shape index (κ1) is 14.2. The van der Waals surface area contributed by atoms with Gasteiger partial charge in [0.2, 0.25) is 0 Å². The fourth-order valence-electron chi connectivity index (χ4n) is 1.71. The molecule has 0 aromatic heterocycles. The lowest BCUT2D eigenvalue weighted by molar-refractivity contribution is 0.568. The van der Waals surface area contributed by atoms with Gasteiger partial charge in [-0.2, -0.15) is 0 Å². The molecule has 1 aromatic rings. The molecular weight excluding hydrogens is 244 g/mol. The minimum atomic E-state index is -0.653. The summed E-state index contributed by atoms with van der Waals surface area (Å²) < 4.78 is 26.4. The number of hydrogen-bond donors (Lipinski definition) is 1. The lowest BCUT2D eigenvalue weighted by Gasteiger charge is -2.19. The molecule has 4 heteroatoms. The third kappa shape index (κ3) is 4.15. The van der Waals surface area contributed by atoms with Crippen LogP contribution in [0.1, 0.15) is 39.5 Å². The molecule has 1 aromatic carbocycles. The van der Waals surface area contributed by atoms with E-state index in [4.69, 9.17) is 11.6 Å². The second-order valence-electron chi connectivity index (χ2n) is 4.14. The molecule has 0 amide bonds. The average molecular weight is 262 g/mol. The average Bonchev–Trinajstić information content (AvgIpc) is 2.27. The van der Waals surface area contributed by atoms with Crippen LogP contribution in [0, 0.1) is 11.6 Å². The first-order valence-corrected chi connectivity index (χ1v) is 6.37. The quantitative estimate of drug-likeness (QED) is 0.760. The smallest absolute Gasteiger partial charge is 0.150 e. The van der Waals surface area contributed by atoms with Crippen molar-refractivity contribution in [2.24, 2.45) is 0 Å². The molecule has 17 heavy (non-hydrogen) atoms. The number of unbranched alkanes of at least 4 members (excludes halogenated alkanes) is 1. The Labute approximate surface area is 106 Å². The zero-order chi connectivity index (χ0) is 12.8. The standard InChI is InChI=1S/C13H18ClF2N/c1-3-5-6-10(4-2)17-13-11(14)7-9(15)8-12(13)16/h7-8,10,17H,3-6H2,1-2H3. The molecule has 0 radical (unpaired) electrons. The predicted octanol–water partition coefficient (Wildman–Crippen LogP) is 5.00. The van der Waals surface area contributed by atoms with E-state index in [2.05, 4.69) is 12.2 Å². The summed E-state index contributed by atoms with van der Waals surface area (Å²) in [5.74, 6) is -1.29. The maximum Gasteiger partial charge on any atom is 0.150 e.